The fraction of sp³-hybridized carbons (Fsp3) is 0.200. The molecule has 0 aliphatic rings. The molecule has 0 aliphatic carbocycles. The predicted octanol–water partition coefficient (Wildman–Crippen LogP) is 3.47. The summed E-state index contributed by atoms with van der Waals surface area (Å²) in [5, 5.41) is 0.477. The Morgan fingerprint density at radius 1 is 1.14 bits per heavy atom. The number of benzene rings is 2. The maximum absolute atomic E-state index is 12.4. The predicted molar refractivity (Wildman–Crippen MR) is 86.0 cm³/mol. The number of nitrogens with two attached hydrogens (primary N) is 1. The summed E-state index contributed by atoms with van der Waals surface area (Å²) in [7, 11) is -3.64. The summed E-state index contributed by atoms with van der Waals surface area (Å²) in [6.07, 6.45) is 0. The van der Waals surface area contributed by atoms with Gasteiger partial charge in [-0.05, 0) is 49.2 Å². The molecule has 0 saturated heterocycles. The second-order valence-electron chi connectivity index (χ2n) is 4.92. The lowest BCUT2D eigenvalue weighted by molar-refractivity contribution is 0.601. The number of hydrogen-bond donors (Lipinski definition) is 2. The van der Waals surface area contributed by atoms with Gasteiger partial charge in [0.25, 0.3) is 10.0 Å². The lowest BCUT2D eigenvalue weighted by Crippen LogP contribution is -2.14. The molecule has 1 atom stereocenters. The minimum atomic E-state index is -3.64. The Morgan fingerprint density at radius 2 is 1.76 bits per heavy atom. The van der Waals surface area contributed by atoms with Crippen molar-refractivity contribution >= 4 is 27.3 Å². The molecule has 21 heavy (non-hydrogen) atoms. The van der Waals surface area contributed by atoms with Gasteiger partial charge in [0.15, 0.2) is 0 Å². The second kappa shape index (κ2) is 6.05. The van der Waals surface area contributed by atoms with Gasteiger partial charge in [-0.1, -0.05) is 29.8 Å². The number of anilines is 1. The molecule has 0 amide bonds. The molecule has 0 saturated carbocycles. The molecule has 0 heterocycles. The van der Waals surface area contributed by atoms with Crippen molar-refractivity contribution in [1.82, 2.24) is 0 Å². The van der Waals surface area contributed by atoms with E-state index < -0.39 is 10.0 Å². The highest BCUT2D eigenvalue weighted by atomic mass is 35.5. The Morgan fingerprint density at radius 3 is 2.33 bits per heavy atom. The van der Waals surface area contributed by atoms with Crippen molar-refractivity contribution in [3.05, 3.63) is 58.6 Å². The van der Waals surface area contributed by atoms with E-state index in [4.69, 9.17) is 17.3 Å². The van der Waals surface area contributed by atoms with Gasteiger partial charge in [0.1, 0.15) is 0 Å². The van der Waals surface area contributed by atoms with E-state index in [-0.39, 0.29) is 10.9 Å². The van der Waals surface area contributed by atoms with Gasteiger partial charge in [-0.3, -0.25) is 4.72 Å². The minimum Gasteiger partial charge on any atom is -0.324 e. The molecule has 6 heteroatoms. The SMILES string of the molecule is Cc1ccc(Cl)cc1NS(=O)(=O)c1ccc(C(C)N)cc1. The lowest BCUT2D eigenvalue weighted by Gasteiger charge is -2.12. The third-order valence-corrected chi connectivity index (χ3v) is 4.78. The summed E-state index contributed by atoms with van der Waals surface area (Å²) in [6, 6.07) is 11.4. The third kappa shape index (κ3) is 3.75. The highest BCUT2D eigenvalue weighted by Gasteiger charge is 2.15. The van der Waals surface area contributed by atoms with Gasteiger partial charge >= 0.3 is 0 Å². The molecule has 0 aliphatic heterocycles. The van der Waals surface area contributed by atoms with Crippen LogP contribution >= 0.6 is 11.6 Å². The summed E-state index contributed by atoms with van der Waals surface area (Å²) < 4.78 is 27.3. The molecule has 2 rings (SSSR count). The highest BCUT2D eigenvalue weighted by molar-refractivity contribution is 7.92. The fourth-order valence-electron chi connectivity index (χ4n) is 1.86. The van der Waals surface area contributed by atoms with Crippen LogP contribution in [0.1, 0.15) is 24.1 Å². The zero-order chi connectivity index (χ0) is 15.6. The van der Waals surface area contributed by atoms with E-state index in [1.54, 1.807) is 42.5 Å². The molecule has 0 spiro atoms. The van der Waals surface area contributed by atoms with Gasteiger partial charge in [0.05, 0.1) is 10.6 Å². The Kier molecular flexibility index (Phi) is 4.56. The van der Waals surface area contributed by atoms with Gasteiger partial charge < -0.3 is 5.73 Å². The van der Waals surface area contributed by atoms with Crippen molar-refractivity contribution in [3.63, 3.8) is 0 Å². The van der Waals surface area contributed by atoms with Gasteiger partial charge in [0.2, 0.25) is 0 Å². The molecular formula is C15H17ClN2O2S. The third-order valence-electron chi connectivity index (χ3n) is 3.16. The fourth-order valence-corrected chi connectivity index (χ4v) is 3.15. The number of sulfonamides is 1. The number of rotatable bonds is 4. The Labute approximate surface area is 130 Å². The van der Waals surface area contributed by atoms with Crippen molar-refractivity contribution in [3.8, 4) is 0 Å². The smallest absolute Gasteiger partial charge is 0.261 e. The number of halogens is 1. The molecule has 2 aromatic rings. The summed E-state index contributed by atoms with van der Waals surface area (Å²) in [5.74, 6) is 0. The Balaban J connectivity index is 2.31. The zero-order valence-corrected chi connectivity index (χ0v) is 13.4. The van der Waals surface area contributed by atoms with Crippen LogP contribution in [0.15, 0.2) is 47.4 Å². The first-order chi connectivity index (χ1) is 9.79. The number of aryl methyl sites for hydroxylation is 1. The van der Waals surface area contributed by atoms with Crippen molar-refractivity contribution in [2.75, 3.05) is 4.72 Å². The summed E-state index contributed by atoms with van der Waals surface area (Å²) in [5.41, 5.74) is 7.91. The second-order valence-corrected chi connectivity index (χ2v) is 7.04. The first-order valence-corrected chi connectivity index (χ1v) is 8.30. The van der Waals surface area contributed by atoms with Crippen LogP contribution in [0.3, 0.4) is 0 Å². The highest BCUT2D eigenvalue weighted by Crippen LogP contribution is 2.24. The normalized spacial score (nSPS) is 13.0. The van der Waals surface area contributed by atoms with Crippen molar-refractivity contribution < 1.29 is 8.42 Å². The average molecular weight is 325 g/mol. The van der Waals surface area contributed by atoms with E-state index >= 15 is 0 Å². The Hall–Kier alpha value is -1.56. The topological polar surface area (TPSA) is 72.2 Å². The van der Waals surface area contributed by atoms with E-state index in [0.29, 0.717) is 10.7 Å². The van der Waals surface area contributed by atoms with Gasteiger partial charge in [0, 0.05) is 11.1 Å². The summed E-state index contributed by atoms with van der Waals surface area (Å²) >= 11 is 5.90. The van der Waals surface area contributed by atoms with Crippen LogP contribution in [-0.2, 0) is 10.0 Å². The van der Waals surface area contributed by atoms with Crippen LogP contribution in [0.2, 0.25) is 5.02 Å². The standard InChI is InChI=1S/C15H17ClN2O2S/c1-10-3-6-13(16)9-15(10)18-21(19,20)14-7-4-12(5-8-14)11(2)17/h3-9,11,18H,17H2,1-2H3. The lowest BCUT2D eigenvalue weighted by atomic mass is 10.1. The first kappa shape index (κ1) is 15.8. The molecule has 1 unspecified atom stereocenters. The largest absolute Gasteiger partial charge is 0.324 e. The van der Waals surface area contributed by atoms with Crippen LogP contribution in [-0.4, -0.2) is 8.42 Å². The first-order valence-electron chi connectivity index (χ1n) is 6.44. The molecule has 0 fully saturated rings. The van der Waals surface area contributed by atoms with E-state index in [0.717, 1.165) is 11.1 Å². The van der Waals surface area contributed by atoms with E-state index in [9.17, 15) is 8.42 Å². The molecular weight excluding hydrogens is 308 g/mol. The van der Waals surface area contributed by atoms with Crippen LogP contribution < -0.4 is 10.5 Å². The van der Waals surface area contributed by atoms with Gasteiger partial charge in [-0.2, -0.15) is 0 Å². The van der Waals surface area contributed by atoms with Crippen molar-refractivity contribution in [2.45, 2.75) is 24.8 Å². The monoisotopic (exact) mass is 324 g/mol. The van der Waals surface area contributed by atoms with Crippen LogP contribution in [0.4, 0.5) is 5.69 Å². The van der Waals surface area contributed by atoms with Gasteiger partial charge in [-0.25, -0.2) is 8.42 Å². The maximum atomic E-state index is 12.4. The van der Waals surface area contributed by atoms with Crippen molar-refractivity contribution in [2.24, 2.45) is 5.73 Å². The maximum Gasteiger partial charge on any atom is 0.261 e. The van der Waals surface area contributed by atoms with Crippen LogP contribution in [0.25, 0.3) is 0 Å². The summed E-state index contributed by atoms with van der Waals surface area (Å²) in [6.45, 7) is 3.66. The van der Waals surface area contributed by atoms with Crippen LogP contribution in [0.5, 0.6) is 0 Å². The van der Waals surface area contributed by atoms with Crippen LogP contribution in [0, 0.1) is 6.92 Å². The zero-order valence-electron chi connectivity index (χ0n) is 11.8. The molecule has 4 nitrogen and oxygen atoms in total. The molecule has 0 aromatic heterocycles. The minimum absolute atomic E-state index is 0.134. The average Bonchev–Trinajstić information content (AvgIpc) is 2.43. The molecule has 112 valence electrons. The van der Waals surface area contributed by atoms with Gasteiger partial charge in [-0.15, -0.1) is 0 Å². The molecule has 3 N–H and O–H groups in total. The molecule has 0 radical (unpaired) electrons. The molecule has 2 aromatic carbocycles. The number of nitrogens with one attached hydrogen (secondary N) is 1. The van der Waals surface area contributed by atoms with E-state index in [1.165, 1.54) is 0 Å². The van der Waals surface area contributed by atoms with E-state index in [2.05, 4.69) is 4.72 Å². The number of hydrogen-bond acceptors (Lipinski definition) is 3. The van der Waals surface area contributed by atoms with E-state index in [1.807, 2.05) is 13.8 Å². The van der Waals surface area contributed by atoms with Crippen molar-refractivity contribution in [1.29, 1.82) is 0 Å². The summed E-state index contributed by atoms with van der Waals surface area (Å²) in [4.78, 5) is 0.186. The quantitative estimate of drug-likeness (QED) is 0.904. The Bertz CT molecular complexity index is 741. The molecule has 0 bridgehead atoms.